The number of Topliss-reactive ketones (excluding diaryl/α,β-unsaturated/α-hetero) is 1. The lowest BCUT2D eigenvalue weighted by molar-refractivity contribution is -0.135. The molecule has 0 saturated heterocycles. The van der Waals surface area contributed by atoms with Gasteiger partial charge in [0.2, 0.25) is 0 Å². The Morgan fingerprint density at radius 2 is 2.17 bits per heavy atom. The first kappa shape index (κ1) is 8.52. The van der Waals surface area contributed by atoms with E-state index in [9.17, 15) is 9.59 Å². The number of hydrogen-bond donors (Lipinski definition) is 0. The molecule has 1 aromatic rings. The Kier molecular flexibility index (Phi) is 2.28. The van der Waals surface area contributed by atoms with E-state index in [1.165, 1.54) is 7.11 Å². The molecule has 0 saturated carbocycles. The van der Waals surface area contributed by atoms with Crippen LogP contribution in [-0.2, 0) is 16.6 Å². The SMILES string of the molecule is COC(=O)C(=O)c1cccn1C. The van der Waals surface area contributed by atoms with E-state index < -0.39 is 11.8 Å². The minimum atomic E-state index is -0.836. The van der Waals surface area contributed by atoms with Crippen molar-refractivity contribution >= 4 is 11.8 Å². The topological polar surface area (TPSA) is 48.3 Å². The van der Waals surface area contributed by atoms with Gasteiger partial charge in [0.15, 0.2) is 0 Å². The molecule has 0 aliphatic rings. The third kappa shape index (κ3) is 1.37. The second kappa shape index (κ2) is 3.21. The summed E-state index contributed by atoms with van der Waals surface area (Å²) in [6, 6.07) is 3.26. The zero-order chi connectivity index (χ0) is 9.14. The van der Waals surface area contributed by atoms with Crippen molar-refractivity contribution in [1.82, 2.24) is 4.57 Å². The average Bonchev–Trinajstić information content (AvgIpc) is 2.48. The Morgan fingerprint density at radius 1 is 1.50 bits per heavy atom. The van der Waals surface area contributed by atoms with E-state index >= 15 is 0 Å². The van der Waals surface area contributed by atoms with E-state index in [1.54, 1.807) is 29.9 Å². The summed E-state index contributed by atoms with van der Waals surface area (Å²) in [6.45, 7) is 0. The second-order valence-electron chi connectivity index (χ2n) is 2.33. The summed E-state index contributed by atoms with van der Waals surface area (Å²) in [5, 5.41) is 0. The molecule has 0 aliphatic heterocycles. The highest BCUT2D eigenvalue weighted by atomic mass is 16.5. The van der Waals surface area contributed by atoms with Crippen molar-refractivity contribution in [2.75, 3.05) is 7.11 Å². The third-order valence-corrected chi connectivity index (χ3v) is 1.55. The van der Waals surface area contributed by atoms with Gasteiger partial charge in [-0.05, 0) is 12.1 Å². The highest BCUT2D eigenvalue weighted by Crippen LogP contribution is 2.01. The van der Waals surface area contributed by atoms with Gasteiger partial charge in [-0.3, -0.25) is 4.79 Å². The van der Waals surface area contributed by atoms with Crippen molar-refractivity contribution < 1.29 is 14.3 Å². The molecule has 1 aromatic heterocycles. The van der Waals surface area contributed by atoms with Crippen molar-refractivity contribution in [3.63, 3.8) is 0 Å². The minimum Gasteiger partial charge on any atom is -0.463 e. The maximum Gasteiger partial charge on any atom is 0.381 e. The number of ketones is 1. The lowest BCUT2D eigenvalue weighted by Gasteiger charge is -1.99. The molecule has 0 fully saturated rings. The van der Waals surface area contributed by atoms with Crippen LogP contribution >= 0.6 is 0 Å². The molecule has 0 N–H and O–H groups in total. The first-order valence-corrected chi connectivity index (χ1v) is 3.40. The van der Waals surface area contributed by atoms with Crippen molar-refractivity contribution in [1.29, 1.82) is 0 Å². The largest absolute Gasteiger partial charge is 0.463 e. The highest BCUT2D eigenvalue weighted by Gasteiger charge is 2.18. The fraction of sp³-hybridized carbons (Fsp3) is 0.250. The van der Waals surface area contributed by atoms with Gasteiger partial charge in [-0.25, -0.2) is 4.79 Å². The predicted molar refractivity (Wildman–Crippen MR) is 41.8 cm³/mol. The van der Waals surface area contributed by atoms with Crippen LogP contribution in [0.2, 0.25) is 0 Å². The summed E-state index contributed by atoms with van der Waals surface area (Å²) in [6.07, 6.45) is 1.69. The van der Waals surface area contributed by atoms with E-state index in [-0.39, 0.29) is 0 Å². The van der Waals surface area contributed by atoms with E-state index in [0.29, 0.717) is 5.69 Å². The van der Waals surface area contributed by atoms with Crippen LogP contribution in [0.1, 0.15) is 10.5 Å². The standard InChI is InChI=1S/C8H9NO3/c1-9-5-3-4-6(9)7(10)8(11)12-2/h3-5H,1-2H3. The summed E-state index contributed by atoms with van der Waals surface area (Å²) >= 11 is 0. The number of carbonyl (C=O) groups is 2. The third-order valence-electron chi connectivity index (χ3n) is 1.55. The van der Waals surface area contributed by atoms with Gasteiger partial charge in [0.1, 0.15) is 0 Å². The van der Waals surface area contributed by atoms with Crippen molar-refractivity contribution in [2.45, 2.75) is 0 Å². The number of ether oxygens (including phenoxy) is 1. The molecule has 64 valence electrons. The van der Waals surface area contributed by atoms with Gasteiger partial charge in [0.25, 0.3) is 5.78 Å². The summed E-state index contributed by atoms with van der Waals surface area (Å²) in [5.41, 5.74) is 0.335. The van der Waals surface area contributed by atoms with Crippen molar-refractivity contribution in [3.05, 3.63) is 24.0 Å². The zero-order valence-corrected chi connectivity index (χ0v) is 6.90. The number of esters is 1. The van der Waals surface area contributed by atoms with Crippen LogP contribution in [0, 0.1) is 0 Å². The molecule has 0 aliphatic carbocycles. The lowest BCUT2D eigenvalue weighted by atomic mass is 10.3. The summed E-state index contributed by atoms with van der Waals surface area (Å²) in [7, 11) is 2.87. The monoisotopic (exact) mass is 167 g/mol. The number of carbonyl (C=O) groups excluding carboxylic acids is 2. The van der Waals surface area contributed by atoms with Crippen LogP contribution in [-0.4, -0.2) is 23.4 Å². The quantitative estimate of drug-likeness (QED) is 0.363. The first-order valence-electron chi connectivity index (χ1n) is 3.40. The maximum atomic E-state index is 11.2. The predicted octanol–water partition coefficient (Wildman–Crippen LogP) is 0.381. The number of aryl methyl sites for hydroxylation is 1. The molecule has 0 aromatic carbocycles. The Hall–Kier alpha value is -1.58. The molecule has 1 heterocycles. The van der Waals surface area contributed by atoms with Crippen LogP contribution in [0.5, 0.6) is 0 Å². The smallest absolute Gasteiger partial charge is 0.381 e. The van der Waals surface area contributed by atoms with Crippen molar-refractivity contribution in [2.24, 2.45) is 7.05 Å². The van der Waals surface area contributed by atoms with E-state index in [4.69, 9.17) is 0 Å². The van der Waals surface area contributed by atoms with Crippen LogP contribution in [0.25, 0.3) is 0 Å². The molecule has 0 spiro atoms. The fourth-order valence-electron chi connectivity index (χ4n) is 0.894. The number of nitrogens with zero attached hydrogens (tertiary/aromatic N) is 1. The average molecular weight is 167 g/mol. The van der Waals surface area contributed by atoms with Crippen LogP contribution < -0.4 is 0 Å². The molecule has 1 rings (SSSR count). The number of hydrogen-bond acceptors (Lipinski definition) is 3. The summed E-state index contributed by atoms with van der Waals surface area (Å²) in [4.78, 5) is 21.9. The number of aromatic nitrogens is 1. The molecule has 0 radical (unpaired) electrons. The summed E-state index contributed by atoms with van der Waals surface area (Å²) in [5.74, 6) is -1.46. The van der Waals surface area contributed by atoms with Gasteiger partial charge < -0.3 is 9.30 Å². The Morgan fingerprint density at radius 3 is 2.58 bits per heavy atom. The van der Waals surface area contributed by atoms with Gasteiger partial charge in [0.05, 0.1) is 12.8 Å². The Labute approximate surface area is 69.7 Å². The van der Waals surface area contributed by atoms with Gasteiger partial charge in [-0.1, -0.05) is 0 Å². The molecule has 4 nitrogen and oxygen atoms in total. The van der Waals surface area contributed by atoms with Crippen LogP contribution in [0.4, 0.5) is 0 Å². The van der Waals surface area contributed by atoms with E-state index in [1.807, 2.05) is 0 Å². The van der Waals surface area contributed by atoms with Crippen LogP contribution in [0.15, 0.2) is 18.3 Å². The Bertz CT molecular complexity index is 314. The molecule has 12 heavy (non-hydrogen) atoms. The molecule has 0 unspecified atom stereocenters. The van der Waals surface area contributed by atoms with Crippen molar-refractivity contribution in [3.8, 4) is 0 Å². The minimum absolute atomic E-state index is 0.335. The van der Waals surface area contributed by atoms with Gasteiger partial charge >= 0.3 is 5.97 Å². The highest BCUT2D eigenvalue weighted by molar-refractivity contribution is 6.40. The first-order chi connectivity index (χ1) is 5.66. The van der Waals surface area contributed by atoms with Gasteiger partial charge in [0, 0.05) is 13.2 Å². The fourth-order valence-corrected chi connectivity index (χ4v) is 0.894. The van der Waals surface area contributed by atoms with Crippen LogP contribution in [0.3, 0.4) is 0 Å². The molecule has 0 atom stereocenters. The molecular weight excluding hydrogens is 158 g/mol. The normalized spacial score (nSPS) is 9.50. The second-order valence-corrected chi connectivity index (χ2v) is 2.33. The van der Waals surface area contributed by atoms with E-state index in [0.717, 1.165) is 0 Å². The maximum absolute atomic E-state index is 11.2. The molecule has 0 bridgehead atoms. The van der Waals surface area contributed by atoms with Gasteiger partial charge in [-0.15, -0.1) is 0 Å². The summed E-state index contributed by atoms with van der Waals surface area (Å²) < 4.78 is 5.86. The molecular formula is C8H9NO3. The zero-order valence-electron chi connectivity index (χ0n) is 6.90. The lowest BCUT2D eigenvalue weighted by Crippen LogP contribution is -2.18. The van der Waals surface area contributed by atoms with Gasteiger partial charge in [-0.2, -0.15) is 0 Å². The Balaban J connectivity index is 2.93. The molecule has 0 amide bonds. The number of methoxy groups -OCH3 is 1. The number of rotatable bonds is 2. The molecule has 4 heteroatoms. The van der Waals surface area contributed by atoms with E-state index in [2.05, 4.69) is 4.74 Å².